The van der Waals surface area contributed by atoms with Crippen LogP contribution < -0.4 is 10.1 Å². The monoisotopic (exact) mass is 530 g/mol. The molecule has 3 rings (SSSR count). The predicted octanol–water partition coefficient (Wildman–Crippen LogP) is 3.65. The highest BCUT2D eigenvalue weighted by Crippen LogP contribution is 2.51. The fourth-order valence-electron chi connectivity index (χ4n) is 3.31. The van der Waals surface area contributed by atoms with E-state index >= 15 is 0 Å². The molecule has 15 heteroatoms. The molecule has 1 aromatic heterocycles. The Bertz CT molecular complexity index is 1230. The number of aliphatic hydroxyl groups is 1. The van der Waals surface area contributed by atoms with Crippen molar-refractivity contribution in [2.45, 2.75) is 53.8 Å². The number of benzene rings is 1. The zero-order valence-corrected chi connectivity index (χ0v) is 18.6. The van der Waals surface area contributed by atoms with Gasteiger partial charge in [0.2, 0.25) is 9.84 Å². The van der Waals surface area contributed by atoms with Crippen LogP contribution in [0.4, 0.5) is 30.7 Å². The number of rotatable bonds is 5. The SMILES string of the molecule is CC1(C)Oc2ccc(S(=O)(=O)C(F)(F)C(F)(F)C(F)(F)F)cc2C(NC(=O)c2cccnc2)C1O. The summed E-state index contributed by atoms with van der Waals surface area (Å²) in [6.45, 7) is 2.76. The number of aliphatic hydroxyl groups excluding tert-OH is 1. The second kappa shape index (κ2) is 8.33. The van der Waals surface area contributed by atoms with E-state index in [0.29, 0.717) is 12.1 Å². The van der Waals surface area contributed by atoms with Crippen molar-refractivity contribution in [3.8, 4) is 5.75 Å². The largest absolute Gasteiger partial charge is 0.485 e. The number of hydrogen-bond donors (Lipinski definition) is 2. The molecule has 2 heterocycles. The first-order valence-corrected chi connectivity index (χ1v) is 11.1. The third-order valence-electron chi connectivity index (χ3n) is 5.30. The van der Waals surface area contributed by atoms with E-state index in [4.69, 9.17) is 4.74 Å². The van der Waals surface area contributed by atoms with Crippen molar-refractivity contribution in [1.29, 1.82) is 0 Å². The molecule has 0 saturated heterocycles. The molecule has 0 radical (unpaired) electrons. The molecule has 192 valence electrons. The average molecular weight is 530 g/mol. The lowest BCUT2D eigenvalue weighted by Gasteiger charge is -2.42. The highest BCUT2D eigenvalue weighted by molar-refractivity contribution is 7.92. The van der Waals surface area contributed by atoms with Gasteiger partial charge in [-0.05, 0) is 44.2 Å². The Kier molecular flexibility index (Phi) is 6.34. The van der Waals surface area contributed by atoms with E-state index in [-0.39, 0.29) is 11.3 Å². The van der Waals surface area contributed by atoms with E-state index in [1.807, 2.05) is 0 Å². The summed E-state index contributed by atoms with van der Waals surface area (Å²) >= 11 is 0. The van der Waals surface area contributed by atoms with Gasteiger partial charge in [-0.3, -0.25) is 9.78 Å². The topological polar surface area (TPSA) is 106 Å². The maximum atomic E-state index is 14.1. The van der Waals surface area contributed by atoms with Gasteiger partial charge in [0.05, 0.1) is 16.5 Å². The van der Waals surface area contributed by atoms with Crippen molar-refractivity contribution >= 4 is 15.7 Å². The lowest BCUT2D eigenvalue weighted by molar-refractivity contribution is -0.332. The Hall–Kier alpha value is -2.94. The summed E-state index contributed by atoms with van der Waals surface area (Å²) in [4.78, 5) is 14.7. The summed E-state index contributed by atoms with van der Waals surface area (Å²) in [5, 5.41) is 6.48. The Morgan fingerprint density at radius 3 is 2.29 bits per heavy atom. The van der Waals surface area contributed by atoms with Crippen molar-refractivity contribution in [2.75, 3.05) is 0 Å². The number of carbonyl (C=O) groups is 1. The molecular formula is C20H17F7N2O5S. The van der Waals surface area contributed by atoms with E-state index in [1.54, 1.807) is 0 Å². The molecule has 7 nitrogen and oxygen atoms in total. The summed E-state index contributed by atoms with van der Waals surface area (Å²) < 4.78 is 123. The minimum Gasteiger partial charge on any atom is -0.485 e. The normalized spacial score (nSPS) is 20.5. The highest BCUT2D eigenvalue weighted by Gasteiger charge is 2.78. The summed E-state index contributed by atoms with van der Waals surface area (Å²) in [6, 6.07) is 2.66. The van der Waals surface area contributed by atoms with Gasteiger partial charge < -0.3 is 15.2 Å². The quantitative estimate of drug-likeness (QED) is 0.572. The molecule has 0 saturated carbocycles. The van der Waals surface area contributed by atoms with E-state index in [9.17, 15) is 49.1 Å². The summed E-state index contributed by atoms with van der Waals surface area (Å²) in [5.74, 6) is -7.99. The molecular weight excluding hydrogens is 513 g/mol. The van der Waals surface area contributed by atoms with Gasteiger partial charge in [-0.1, -0.05) is 0 Å². The molecule has 2 atom stereocenters. The number of fused-ring (bicyclic) bond motifs is 1. The fourth-order valence-corrected chi connectivity index (χ4v) is 4.58. The van der Waals surface area contributed by atoms with Crippen LogP contribution in [0.2, 0.25) is 0 Å². The number of ether oxygens (including phenoxy) is 1. The Balaban J connectivity index is 2.11. The maximum absolute atomic E-state index is 14.1. The second-order valence-electron chi connectivity index (χ2n) is 8.14. The van der Waals surface area contributed by atoms with Gasteiger partial charge in [-0.2, -0.15) is 30.7 Å². The molecule has 1 aliphatic rings. The lowest BCUT2D eigenvalue weighted by Crippen LogP contribution is -2.56. The minimum atomic E-state index is -6.92. The van der Waals surface area contributed by atoms with Gasteiger partial charge in [-0.15, -0.1) is 0 Å². The van der Waals surface area contributed by atoms with Crippen LogP contribution in [0, 0.1) is 0 Å². The number of amides is 1. The first-order valence-electron chi connectivity index (χ1n) is 9.63. The lowest BCUT2D eigenvalue weighted by atomic mass is 9.86. The van der Waals surface area contributed by atoms with Crippen molar-refractivity contribution < 1.29 is 53.8 Å². The summed E-state index contributed by atoms with van der Waals surface area (Å²) in [7, 11) is -6.63. The van der Waals surface area contributed by atoms with E-state index < -0.39 is 61.3 Å². The Morgan fingerprint density at radius 1 is 1.11 bits per heavy atom. The first-order chi connectivity index (χ1) is 15.8. The zero-order chi connectivity index (χ0) is 26.6. The number of nitrogens with one attached hydrogen (secondary N) is 1. The summed E-state index contributed by atoms with van der Waals surface area (Å²) in [5.41, 5.74) is -1.87. The summed E-state index contributed by atoms with van der Waals surface area (Å²) in [6.07, 6.45) is -6.01. The van der Waals surface area contributed by atoms with Crippen LogP contribution in [0.1, 0.15) is 35.8 Å². The fraction of sp³-hybridized carbons (Fsp3) is 0.400. The third kappa shape index (κ3) is 4.30. The molecule has 0 aliphatic carbocycles. The number of pyridine rings is 1. The molecule has 0 fully saturated rings. The van der Waals surface area contributed by atoms with Crippen molar-refractivity contribution in [3.05, 3.63) is 53.9 Å². The van der Waals surface area contributed by atoms with Crippen LogP contribution >= 0.6 is 0 Å². The number of alkyl halides is 7. The van der Waals surface area contributed by atoms with Crippen LogP contribution in [0.25, 0.3) is 0 Å². The third-order valence-corrected chi connectivity index (χ3v) is 7.10. The number of carbonyl (C=O) groups excluding carboxylic acids is 1. The Labute approximate surface area is 193 Å². The van der Waals surface area contributed by atoms with Crippen LogP contribution in [0.5, 0.6) is 5.75 Å². The van der Waals surface area contributed by atoms with Crippen LogP contribution in [-0.2, 0) is 9.84 Å². The average Bonchev–Trinajstić information content (AvgIpc) is 2.75. The van der Waals surface area contributed by atoms with Gasteiger partial charge in [0.15, 0.2) is 0 Å². The first kappa shape index (κ1) is 26.7. The molecule has 2 N–H and O–H groups in total. The zero-order valence-electron chi connectivity index (χ0n) is 17.8. The second-order valence-corrected chi connectivity index (χ2v) is 10.1. The highest BCUT2D eigenvalue weighted by atomic mass is 32.2. The van der Waals surface area contributed by atoms with E-state index in [1.165, 1.54) is 32.2 Å². The van der Waals surface area contributed by atoms with Gasteiger partial charge in [0, 0.05) is 18.0 Å². The molecule has 35 heavy (non-hydrogen) atoms. The number of halogens is 7. The van der Waals surface area contributed by atoms with E-state index in [2.05, 4.69) is 10.3 Å². The number of sulfone groups is 1. The molecule has 0 spiro atoms. The molecule has 0 bridgehead atoms. The number of nitrogens with zero attached hydrogens (tertiary/aromatic N) is 1. The van der Waals surface area contributed by atoms with E-state index in [0.717, 1.165) is 12.3 Å². The predicted molar refractivity (Wildman–Crippen MR) is 105 cm³/mol. The van der Waals surface area contributed by atoms with Gasteiger partial charge >= 0.3 is 17.4 Å². The molecule has 1 aliphatic heterocycles. The molecule has 1 aromatic carbocycles. The van der Waals surface area contributed by atoms with Crippen LogP contribution in [0.3, 0.4) is 0 Å². The van der Waals surface area contributed by atoms with Crippen LogP contribution in [-0.4, -0.2) is 53.5 Å². The van der Waals surface area contributed by atoms with Crippen molar-refractivity contribution in [2.24, 2.45) is 0 Å². The number of aromatic nitrogens is 1. The number of hydrogen-bond acceptors (Lipinski definition) is 6. The van der Waals surface area contributed by atoms with Crippen molar-refractivity contribution in [1.82, 2.24) is 10.3 Å². The maximum Gasteiger partial charge on any atom is 0.461 e. The van der Waals surface area contributed by atoms with Crippen LogP contribution in [0.15, 0.2) is 47.6 Å². The minimum absolute atomic E-state index is 0.00863. The van der Waals surface area contributed by atoms with Gasteiger partial charge in [0.25, 0.3) is 5.91 Å². The molecule has 2 unspecified atom stereocenters. The smallest absolute Gasteiger partial charge is 0.461 e. The van der Waals surface area contributed by atoms with Crippen molar-refractivity contribution in [3.63, 3.8) is 0 Å². The molecule has 1 amide bonds. The standard InChI is InChI=1S/C20H17F7N2O5S/c1-17(2)15(30)14(29-16(31)10-4-3-7-28-9-10)12-8-11(5-6-13(12)34-17)35(32,33)20(26,27)18(21,22)19(23,24)25/h3-9,14-15,30H,1-2H3,(H,29,31). The van der Waals surface area contributed by atoms with Gasteiger partial charge in [0.1, 0.15) is 17.5 Å². The van der Waals surface area contributed by atoms with Gasteiger partial charge in [-0.25, -0.2) is 8.42 Å². The molecule has 2 aromatic rings. The Morgan fingerprint density at radius 2 is 1.74 bits per heavy atom.